The molecule has 1 aliphatic rings. The molecule has 3 rings (SSSR count). The van der Waals surface area contributed by atoms with E-state index in [0.717, 1.165) is 0 Å². The SMILES string of the molecule is COCC(=O)N(C)C[C@H]1Oc2ncc(-c3ccc(F)cc3)cc2C(=O)N([C@@H](C)CO)C[C@@H]1C. The van der Waals surface area contributed by atoms with Crippen molar-refractivity contribution in [2.45, 2.75) is 26.0 Å². The van der Waals surface area contributed by atoms with Gasteiger partial charge >= 0.3 is 0 Å². The summed E-state index contributed by atoms with van der Waals surface area (Å²) in [6.45, 7) is 4.07. The number of carbonyl (C=O) groups excluding carboxylic acids is 2. The van der Waals surface area contributed by atoms with Gasteiger partial charge in [-0.15, -0.1) is 0 Å². The number of nitrogens with zero attached hydrogens (tertiary/aromatic N) is 3. The van der Waals surface area contributed by atoms with E-state index in [1.807, 2.05) is 6.92 Å². The third-order valence-electron chi connectivity index (χ3n) is 5.85. The van der Waals surface area contributed by atoms with Crippen LogP contribution in [0.2, 0.25) is 0 Å². The number of hydrogen-bond acceptors (Lipinski definition) is 6. The van der Waals surface area contributed by atoms with E-state index in [2.05, 4.69) is 4.98 Å². The first-order chi connectivity index (χ1) is 15.7. The summed E-state index contributed by atoms with van der Waals surface area (Å²) in [6.07, 6.45) is 1.13. The van der Waals surface area contributed by atoms with Crippen LogP contribution in [0.1, 0.15) is 24.2 Å². The molecule has 2 heterocycles. The lowest BCUT2D eigenvalue weighted by Gasteiger charge is -2.37. The standard InChI is InChI=1S/C24H30FN3O5/c1-15-11-28(16(2)13-29)24(31)20-9-18(17-5-7-19(25)8-6-17)10-26-23(20)33-21(15)12-27(3)22(30)14-32-4/h5-10,15-16,21,29H,11-14H2,1-4H3/t15-,16-,21+/m0/s1. The molecule has 1 aliphatic heterocycles. The number of aliphatic hydroxyl groups excluding tert-OH is 1. The lowest BCUT2D eigenvalue weighted by molar-refractivity contribution is -0.135. The van der Waals surface area contributed by atoms with Crippen molar-refractivity contribution in [1.82, 2.24) is 14.8 Å². The number of carbonyl (C=O) groups is 2. The van der Waals surface area contributed by atoms with Crippen molar-refractivity contribution >= 4 is 11.8 Å². The smallest absolute Gasteiger partial charge is 0.259 e. The van der Waals surface area contributed by atoms with E-state index in [1.54, 1.807) is 43.3 Å². The van der Waals surface area contributed by atoms with Gasteiger partial charge in [-0.2, -0.15) is 0 Å². The summed E-state index contributed by atoms with van der Waals surface area (Å²) in [5.74, 6) is -0.842. The van der Waals surface area contributed by atoms with Crippen LogP contribution < -0.4 is 4.74 Å². The van der Waals surface area contributed by atoms with Gasteiger partial charge in [-0.3, -0.25) is 9.59 Å². The van der Waals surface area contributed by atoms with Crippen molar-refractivity contribution in [3.05, 3.63) is 47.9 Å². The number of likely N-dealkylation sites (N-methyl/N-ethyl adjacent to an activating group) is 1. The molecule has 2 amide bonds. The van der Waals surface area contributed by atoms with E-state index in [4.69, 9.17) is 9.47 Å². The van der Waals surface area contributed by atoms with Gasteiger partial charge in [0.05, 0.1) is 19.2 Å². The van der Waals surface area contributed by atoms with Crippen LogP contribution in [0.15, 0.2) is 36.5 Å². The maximum Gasteiger partial charge on any atom is 0.259 e. The van der Waals surface area contributed by atoms with Crippen LogP contribution in [0.25, 0.3) is 11.1 Å². The molecule has 178 valence electrons. The zero-order valence-electron chi connectivity index (χ0n) is 19.3. The molecule has 0 radical (unpaired) electrons. The molecular formula is C24H30FN3O5. The maximum absolute atomic E-state index is 13.4. The fraction of sp³-hybridized carbons (Fsp3) is 0.458. The highest BCUT2D eigenvalue weighted by Gasteiger charge is 2.34. The summed E-state index contributed by atoms with van der Waals surface area (Å²) < 4.78 is 24.5. The number of pyridine rings is 1. The Morgan fingerprint density at radius 1 is 1.36 bits per heavy atom. The van der Waals surface area contributed by atoms with Gasteiger partial charge in [0.25, 0.3) is 5.91 Å². The van der Waals surface area contributed by atoms with Crippen molar-refractivity contribution in [2.75, 3.05) is 40.5 Å². The molecule has 0 bridgehead atoms. The largest absolute Gasteiger partial charge is 0.472 e. The molecule has 0 aliphatic carbocycles. The Bertz CT molecular complexity index is 985. The molecule has 0 spiro atoms. The van der Waals surface area contributed by atoms with Crippen molar-refractivity contribution in [3.63, 3.8) is 0 Å². The first-order valence-corrected chi connectivity index (χ1v) is 10.8. The number of fused-ring (bicyclic) bond motifs is 1. The van der Waals surface area contributed by atoms with Gasteiger partial charge in [-0.1, -0.05) is 19.1 Å². The minimum atomic E-state index is -0.444. The summed E-state index contributed by atoms with van der Waals surface area (Å²) in [5, 5.41) is 9.76. The van der Waals surface area contributed by atoms with Crippen LogP contribution in [0.4, 0.5) is 4.39 Å². The highest BCUT2D eigenvalue weighted by atomic mass is 19.1. The average molecular weight is 460 g/mol. The third-order valence-corrected chi connectivity index (χ3v) is 5.85. The van der Waals surface area contributed by atoms with E-state index in [1.165, 1.54) is 24.1 Å². The van der Waals surface area contributed by atoms with E-state index in [0.29, 0.717) is 17.7 Å². The van der Waals surface area contributed by atoms with Gasteiger partial charge in [0.2, 0.25) is 11.8 Å². The highest BCUT2D eigenvalue weighted by molar-refractivity contribution is 5.98. The van der Waals surface area contributed by atoms with Crippen LogP contribution in [-0.2, 0) is 9.53 Å². The first kappa shape index (κ1) is 24.6. The number of methoxy groups -OCH3 is 1. The average Bonchev–Trinajstić information content (AvgIpc) is 2.81. The second-order valence-corrected chi connectivity index (χ2v) is 8.41. The molecular weight excluding hydrogens is 429 g/mol. The summed E-state index contributed by atoms with van der Waals surface area (Å²) in [4.78, 5) is 33.2. The number of aliphatic hydroxyl groups is 1. The Labute approximate surface area is 192 Å². The summed E-state index contributed by atoms with van der Waals surface area (Å²) in [5.41, 5.74) is 1.60. The minimum Gasteiger partial charge on any atom is -0.472 e. The van der Waals surface area contributed by atoms with Gasteiger partial charge in [-0.05, 0) is 30.7 Å². The second kappa shape index (κ2) is 10.7. The van der Waals surface area contributed by atoms with Gasteiger partial charge in [0.1, 0.15) is 24.1 Å². The van der Waals surface area contributed by atoms with E-state index in [9.17, 15) is 19.1 Å². The van der Waals surface area contributed by atoms with Gasteiger partial charge in [0, 0.05) is 38.4 Å². The Morgan fingerprint density at radius 2 is 2.06 bits per heavy atom. The second-order valence-electron chi connectivity index (χ2n) is 8.41. The van der Waals surface area contributed by atoms with E-state index < -0.39 is 12.1 Å². The van der Waals surface area contributed by atoms with Crippen LogP contribution in [0, 0.1) is 11.7 Å². The number of halogens is 1. The zero-order valence-corrected chi connectivity index (χ0v) is 19.3. The highest BCUT2D eigenvalue weighted by Crippen LogP contribution is 2.30. The summed E-state index contributed by atoms with van der Waals surface area (Å²) >= 11 is 0. The lowest BCUT2D eigenvalue weighted by Crippen LogP contribution is -2.50. The predicted molar refractivity (Wildman–Crippen MR) is 120 cm³/mol. The van der Waals surface area contributed by atoms with Crippen LogP contribution >= 0.6 is 0 Å². The number of aromatic nitrogens is 1. The molecule has 0 saturated heterocycles. The molecule has 1 N–H and O–H groups in total. The molecule has 1 aromatic heterocycles. The van der Waals surface area contributed by atoms with E-state index >= 15 is 0 Å². The Hall–Kier alpha value is -3.04. The van der Waals surface area contributed by atoms with Crippen molar-refractivity contribution in [2.24, 2.45) is 5.92 Å². The van der Waals surface area contributed by atoms with Crippen molar-refractivity contribution in [1.29, 1.82) is 0 Å². The summed E-state index contributed by atoms with van der Waals surface area (Å²) in [7, 11) is 3.13. The number of rotatable bonds is 7. The van der Waals surface area contributed by atoms with Crippen molar-refractivity contribution in [3.8, 4) is 17.0 Å². The van der Waals surface area contributed by atoms with Crippen LogP contribution in [-0.4, -0.2) is 84.3 Å². The molecule has 0 saturated carbocycles. The fourth-order valence-electron chi connectivity index (χ4n) is 3.73. The molecule has 2 aromatic rings. The number of amides is 2. The van der Waals surface area contributed by atoms with E-state index in [-0.39, 0.29) is 54.8 Å². The molecule has 0 unspecified atom stereocenters. The minimum absolute atomic E-state index is 0.0420. The molecule has 9 heteroatoms. The molecule has 0 fully saturated rings. The van der Waals surface area contributed by atoms with Gasteiger partial charge in [0.15, 0.2) is 0 Å². The van der Waals surface area contributed by atoms with Gasteiger partial charge < -0.3 is 24.4 Å². The first-order valence-electron chi connectivity index (χ1n) is 10.8. The van der Waals surface area contributed by atoms with Gasteiger partial charge in [-0.25, -0.2) is 9.37 Å². The van der Waals surface area contributed by atoms with Crippen LogP contribution in [0.5, 0.6) is 5.88 Å². The number of benzene rings is 1. The third kappa shape index (κ3) is 5.66. The number of ether oxygens (including phenoxy) is 2. The quantitative estimate of drug-likeness (QED) is 0.683. The maximum atomic E-state index is 13.4. The molecule has 1 aromatic carbocycles. The molecule has 8 nitrogen and oxygen atoms in total. The lowest BCUT2D eigenvalue weighted by atomic mass is 9.99. The Kier molecular flexibility index (Phi) is 7.99. The van der Waals surface area contributed by atoms with Crippen LogP contribution in [0.3, 0.4) is 0 Å². The Morgan fingerprint density at radius 3 is 2.70 bits per heavy atom. The monoisotopic (exact) mass is 459 g/mol. The topological polar surface area (TPSA) is 92.2 Å². The predicted octanol–water partition coefficient (Wildman–Crippen LogP) is 2.21. The fourth-order valence-corrected chi connectivity index (χ4v) is 3.73. The zero-order chi connectivity index (χ0) is 24.1. The Balaban J connectivity index is 2.00. The summed E-state index contributed by atoms with van der Waals surface area (Å²) in [6, 6.07) is 7.16. The molecule has 3 atom stereocenters. The normalized spacial score (nSPS) is 19.2. The molecule has 33 heavy (non-hydrogen) atoms. The van der Waals surface area contributed by atoms with Crippen molar-refractivity contribution < 1.29 is 28.6 Å². The number of hydrogen-bond donors (Lipinski definition) is 1.